The van der Waals surface area contributed by atoms with Crippen LogP contribution in [0.2, 0.25) is 0 Å². The van der Waals surface area contributed by atoms with Crippen molar-refractivity contribution in [2.45, 2.75) is 27.3 Å². The second-order valence-corrected chi connectivity index (χ2v) is 9.06. The van der Waals surface area contributed by atoms with E-state index in [-0.39, 0.29) is 18.4 Å². The van der Waals surface area contributed by atoms with Gasteiger partial charge in [-0.3, -0.25) is 14.5 Å². The molecule has 6 heteroatoms. The van der Waals surface area contributed by atoms with Crippen LogP contribution in [-0.2, 0) is 16.1 Å². The largest absolute Gasteiger partial charge is 0.493 e. The lowest BCUT2D eigenvalue weighted by Gasteiger charge is -2.36. The molecule has 0 unspecified atom stereocenters. The Bertz CT molecular complexity index is 1010. The molecule has 0 N–H and O–H groups in total. The van der Waals surface area contributed by atoms with Gasteiger partial charge in [-0.2, -0.15) is 0 Å². The number of piperazine rings is 1. The maximum absolute atomic E-state index is 13.6. The van der Waals surface area contributed by atoms with Gasteiger partial charge in [0.05, 0.1) is 18.7 Å². The van der Waals surface area contributed by atoms with Crippen LogP contribution in [0.1, 0.15) is 31.9 Å². The van der Waals surface area contributed by atoms with E-state index in [1.165, 1.54) is 4.90 Å². The number of amides is 2. The minimum atomic E-state index is -0.229. The molecule has 0 saturated carbocycles. The average molecular weight is 448 g/mol. The highest BCUT2D eigenvalue weighted by molar-refractivity contribution is 6.35. The van der Waals surface area contributed by atoms with Crippen molar-refractivity contribution in [2.75, 3.05) is 39.3 Å². The first kappa shape index (κ1) is 23.1. The zero-order valence-electron chi connectivity index (χ0n) is 19.8. The SMILES string of the molecule is CCN1CCN(C2=C(c3ccc(OCC(C)C)cc3)C(=O)N(Cc3ccccc3)C2=O)CC1. The molecule has 1 fully saturated rings. The minimum Gasteiger partial charge on any atom is -0.493 e. The van der Waals surface area contributed by atoms with E-state index >= 15 is 0 Å². The molecule has 2 aliphatic heterocycles. The van der Waals surface area contributed by atoms with Crippen LogP contribution < -0.4 is 4.74 Å². The van der Waals surface area contributed by atoms with E-state index in [1.807, 2.05) is 54.6 Å². The molecule has 1 saturated heterocycles. The predicted octanol–water partition coefficient (Wildman–Crippen LogP) is 3.64. The standard InChI is InChI=1S/C27H33N3O3/c1-4-28-14-16-29(17-15-28)25-24(22-10-12-23(13-11-22)33-19-20(2)3)26(31)30(27(25)32)18-21-8-6-5-7-9-21/h5-13,20H,4,14-19H2,1-3H3. The Morgan fingerprint density at radius 1 is 0.879 bits per heavy atom. The van der Waals surface area contributed by atoms with Gasteiger partial charge in [-0.15, -0.1) is 0 Å². The number of nitrogens with zero attached hydrogens (tertiary/aromatic N) is 3. The Hall–Kier alpha value is -3.12. The van der Waals surface area contributed by atoms with Crippen molar-refractivity contribution in [2.24, 2.45) is 5.92 Å². The molecule has 2 amide bonds. The molecule has 0 aliphatic carbocycles. The Morgan fingerprint density at radius 2 is 1.55 bits per heavy atom. The summed E-state index contributed by atoms with van der Waals surface area (Å²) in [6, 6.07) is 17.2. The van der Waals surface area contributed by atoms with Gasteiger partial charge in [0.1, 0.15) is 11.4 Å². The van der Waals surface area contributed by atoms with Crippen LogP contribution in [0.25, 0.3) is 5.57 Å². The van der Waals surface area contributed by atoms with E-state index in [0.717, 1.165) is 49.6 Å². The first-order valence-electron chi connectivity index (χ1n) is 11.8. The molecule has 0 atom stereocenters. The quantitative estimate of drug-likeness (QED) is 0.579. The van der Waals surface area contributed by atoms with Crippen LogP contribution in [0.5, 0.6) is 5.75 Å². The summed E-state index contributed by atoms with van der Waals surface area (Å²) in [5.74, 6) is 0.766. The predicted molar refractivity (Wildman–Crippen MR) is 129 cm³/mol. The molecule has 2 aliphatic rings. The van der Waals surface area contributed by atoms with Crippen molar-refractivity contribution in [3.63, 3.8) is 0 Å². The number of ether oxygens (including phenoxy) is 1. The van der Waals surface area contributed by atoms with Crippen molar-refractivity contribution in [3.05, 3.63) is 71.4 Å². The van der Waals surface area contributed by atoms with Crippen molar-refractivity contribution < 1.29 is 14.3 Å². The Labute approximate surface area is 196 Å². The number of rotatable bonds is 8. The number of carbonyl (C=O) groups is 2. The molecule has 2 heterocycles. The summed E-state index contributed by atoms with van der Waals surface area (Å²) in [7, 11) is 0. The van der Waals surface area contributed by atoms with Gasteiger partial charge in [-0.25, -0.2) is 0 Å². The molecule has 0 radical (unpaired) electrons. The fourth-order valence-corrected chi connectivity index (χ4v) is 4.29. The van der Waals surface area contributed by atoms with E-state index in [0.29, 0.717) is 23.8 Å². The van der Waals surface area contributed by atoms with E-state index in [4.69, 9.17) is 4.74 Å². The summed E-state index contributed by atoms with van der Waals surface area (Å²) >= 11 is 0. The van der Waals surface area contributed by atoms with Crippen LogP contribution in [0.15, 0.2) is 60.3 Å². The number of imide groups is 1. The second kappa shape index (κ2) is 10.2. The molecule has 0 bridgehead atoms. The third kappa shape index (κ3) is 5.11. The van der Waals surface area contributed by atoms with Crippen molar-refractivity contribution >= 4 is 17.4 Å². The number of hydrogen-bond donors (Lipinski definition) is 0. The van der Waals surface area contributed by atoms with E-state index in [9.17, 15) is 9.59 Å². The van der Waals surface area contributed by atoms with Gasteiger partial charge in [0.25, 0.3) is 11.8 Å². The molecule has 0 aromatic heterocycles. The van der Waals surface area contributed by atoms with Gasteiger partial charge in [-0.1, -0.05) is 63.2 Å². The Morgan fingerprint density at radius 3 is 2.15 bits per heavy atom. The van der Waals surface area contributed by atoms with Gasteiger partial charge < -0.3 is 14.5 Å². The van der Waals surface area contributed by atoms with Gasteiger partial charge >= 0.3 is 0 Å². The van der Waals surface area contributed by atoms with Gasteiger partial charge in [-0.05, 0) is 35.7 Å². The summed E-state index contributed by atoms with van der Waals surface area (Å²) in [4.78, 5) is 33.0. The molecule has 0 spiro atoms. The molecule has 2 aromatic rings. The number of likely N-dealkylation sites (N-methyl/N-ethyl adjacent to an activating group) is 1. The normalized spacial score (nSPS) is 17.5. The maximum atomic E-state index is 13.6. The first-order valence-corrected chi connectivity index (χ1v) is 11.8. The summed E-state index contributed by atoms with van der Waals surface area (Å²) in [6.45, 7) is 11.5. The van der Waals surface area contributed by atoms with Gasteiger partial charge in [0.2, 0.25) is 0 Å². The summed E-state index contributed by atoms with van der Waals surface area (Å²) < 4.78 is 5.81. The van der Waals surface area contributed by atoms with Crippen LogP contribution in [-0.4, -0.2) is 65.8 Å². The topological polar surface area (TPSA) is 53.1 Å². The summed E-state index contributed by atoms with van der Waals surface area (Å²) in [5.41, 5.74) is 2.72. The number of carbonyl (C=O) groups excluding carboxylic acids is 2. The highest BCUT2D eigenvalue weighted by Crippen LogP contribution is 2.34. The second-order valence-electron chi connectivity index (χ2n) is 9.06. The Kier molecular flexibility index (Phi) is 7.14. The summed E-state index contributed by atoms with van der Waals surface area (Å²) in [6.07, 6.45) is 0. The molecule has 6 nitrogen and oxygen atoms in total. The molecular weight excluding hydrogens is 414 g/mol. The van der Waals surface area contributed by atoms with Gasteiger partial charge in [0, 0.05) is 26.2 Å². The van der Waals surface area contributed by atoms with Crippen LogP contribution in [0.3, 0.4) is 0 Å². The zero-order chi connectivity index (χ0) is 23.4. The third-order valence-corrected chi connectivity index (χ3v) is 6.19. The minimum absolute atomic E-state index is 0.205. The van der Waals surface area contributed by atoms with E-state index in [1.54, 1.807) is 0 Å². The molecule has 174 valence electrons. The molecule has 4 rings (SSSR count). The lowest BCUT2D eigenvalue weighted by atomic mass is 10.0. The maximum Gasteiger partial charge on any atom is 0.278 e. The lowest BCUT2D eigenvalue weighted by Crippen LogP contribution is -2.47. The highest BCUT2D eigenvalue weighted by atomic mass is 16.5. The monoisotopic (exact) mass is 447 g/mol. The lowest BCUT2D eigenvalue weighted by molar-refractivity contribution is -0.138. The van der Waals surface area contributed by atoms with Crippen molar-refractivity contribution in [1.82, 2.24) is 14.7 Å². The van der Waals surface area contributed by atoms with Crippen molar-refractivity contribution in [3.8, 4) is 5.75 Å². The fraction of sp³-hybridized carbons (Fsp3) is 0.407. The first-order chi connectivity index (χ1) is 16.0. The summed E-state index contributed by atoms with van der Waals surface area (Å²) in [5, 5.41) is 0. The number of hydrogen-bond acceptors (Lipinski definition) is 5. The molecule has 33 heavy (non-hydrogen) atoms. The highest BCUT2D eigenvalue weighted by Gasteiger charge is 2.42. The molecule has 2 aromatic carbocycles. The van der Waals surface area contributed by atoms with Crippen LogP contribution in [0.4, 0.5) is 0 Å². The van der Waals surface area contributed by atoms with Crippen molar-refractivity contribution in [1.29, 1.82) is 0 Å². The van der Waals surface area contributed by atoms with Crippen LogP contribution in [0, 0.1) is 5.92 Å². The average Bonchev–Trinajstić information content (AvgIpc) is 3.08. The Balaban J connectivity index is 1.65. The number of benzene rings is 2. The zero-order valence-corrected chi connectivity index (χ0v) is 19.8. The van der Waals surface area contributed by atoms with Gasteiger partial charge in [0.15, 0.2) is 0 Å². The molecular formula is C27H33N3O3. The fourth-order valence-electron chi connectivity index (χ4n) is 4.29. The van der Waals surface area contributed by atoms with E-state index < -0.39 is 0 Å². The van der Waals surface area contributed by atoms with Crippen LogP contribution >= 0.6 is 0 Å². The smallest absolute Gasteiger partial charge is 0.278 e. The third-order valence-electron chi connectivity index (χ3n) is 6.19. The van der Waals surface area contributed by atoms with E-state index in [2.05, 4.69) is 30.6 Å².